The Morgan fingerprint density at radius 1 is 1.35 bits per heavy atom. The lowest BCUT2D eigenvalue weighted by Gasteiger charge is -2.37. The molecule has 1 aliphatic rings. The van der Waals surface area contributed by atoms with Gasteiger partial charge in [-0.1, -0.05) is 29.8 Å². The highest BCUT2D eigenvalue weighted by Crippen LogP contribution is 2.25. The van der Waals surface area contributed by atoms with Crippen LogP contribution < -0.4 is 0 Å². The Morgan fingerprint density at radius 2 is 2.22 bits per heavy atom. The van der Waals surface area contributed by atoms with E-state index in [2.05, 4.69) is 31.2 Å². The van der Waals surface area contributed by atoms with E-state index in [1.807, 2.05) is 4.90 Å². The van der Waals surface area contributed by atoms with Gasteiger partial charge in [-0.05, 0) is 37.5 Å². The van der Waals surface area contributed by atoms with Crippen LogP contribution in [0.15, 0.2) is 47.1 Å². The van der Waals surface area contributed by atoms with Crippen molar-refractivity contribution in [1.82, 2.24) is 4.90 Å². The van der Waals surface area contributed by atoms with Gasteiger partial charge in [-0.25, -0.2) is 0 Å². The third kappa shape index (κ3) is 3.64. The highest BCUT2D eigenvalue weighted by molar-refractivity contribution is 5.91. The molecule has 1 aromatic heterocycles. The fraction of sp³-hybridized carbons (Fsp3) is 0.421. The average Bonchev–Trinajstić information content (AvgIpc) is 3.08. The third-order valence-corrected chi connectivity index (χ3v) is 4.57. The minimum Gasteiger partial charge on any atom is -0.459 e. The molecule has 0 radical (unpaired) electrons. The van der Waals surface area contributed by atoms with Crippen LogP contribution in [-0.4, -0.2) is 37.1 Å². The van der Waals surface area contributed by atoms with Crippen LogP contribution in [0.2, 0.25) is 0 Å². The molecule has 23 heavy (non-hydrogen) atoms. The number of carbonyl (C=O) groups excluding carboxylic acids is 1. The van der Waals surface area contributed by atoms with Gasteiger partial charge in [0.15, 0.2) is 5.76 Å². The van der Waals surface area contributed by atoms with Crippen LogP contribution in [0.5, 0.6) is 0 Å². The fourth-order valence-electron chi connectivity index (χ4n) is 3.40. The van der Waals surface area contributed by atoms with Gasteiger partial charge in [-0.2, -0.15) is 0 Å². The van der Waals surface area contributed by atoms with Crippen molar-refractivity contribution in [1.29, 1.82) is 0 Å². The third-order valence-electron chi connectivity index (χ3n) is 4.57. The Hall–Kier alpha value is -2.07. The van der Waals surface area contributed by atoms with Gasteiger partial charge >= 0.3 is 0 Å². The molecule has 3 rings (SSSR count). The molecule has 0 unspecified atom stereocenters. The van der Waals surface area contributed by atoms with Gasteiger partial charge in [-0.3, -0.25) is 4.79 Å². The molecule has 4 nitrogen and oxygen atoms in total. The summed E-state index contributed by atoms with van der Waals surface area (Å²) >= 11 is 0. The molecule has 122 valence electrons. The number of methoxy groups -OCH3 is 1. The Balaban J connectivity index is 1.72. The predicted octanol–water partition coefficient (Wildman–Crippen LogP) is 3.31. The summed E-state index contributed by atoms with van der Waals surface area (Å²) in [6.45, 7) is 3.51. The first-order valence-corrected chi connectivity index (χ1v) is 8.08. The summed E-state index contributed by atoms with van der Waals surface area (Å²) < 4.78 is 10.9. The second kappa shape index (κ2) is 7.01. The monoisotopic (exact) mass is 313 g/mol. The fourth-order valence-corrected chi connectivity index (χ4v) is 3.40. The number of likely N-dealkylation sites (tertiary alicyclic amines) is 1. The zero-order valence-electron chi connectivity index (χ0n) is 13.7. The number of carbonyl (C=O) groups is 1. The Bertz CT molecular complexity index is 650. The first kappa shape index (κ1) is 15.8. The molecule has 0 aliphatic carbocycles. The van der Waals surface area contributed by atoms with E-state index in [1.165, 1.54) is 11.1 Å². The molecule has 4 heteroatoms. The van der Waals surface area contributed by atoms with Gasteiger partial charge in [0.25, 0.3) is 5.91 Å². The summed E-state index contributed by atoms with van der Waals surface area (Å²) in [6.07, 6.45) is 3.51. The number of ether oxygens (including phenoxy) is 1. The molecule has 1 amide bonds. The summed E-state index contributed by atoms with van der Waals surface area (Å²) in [5, 5.41) is 0. The highest BCUT2D eigenvalue weighted by Gasteiger charge is 2.32. The van der Waals surface area contributed by atoms with E-state index in [4.69, 9.17) is 9.15 Å². The Labute approximate surface area is 137 Å². The minimum atomic E-state index is -0.0289. The number of hydrogen-bond acceptors (Lipinski definition) is 3. The maximum Gasteiger partial charge on any atom is 0.289 e. The lowest BCUT2D eigenvalue weighted by atomic mass is 9.88. The molecule has 1 aliphatic heterocycles. The summed E-state index contributed by atoms with van der Waals surface area (Å²) in [6, 6.07) is 12.0. The molecule has 0 saturated carbocycles. The van der Waals surface area contributed by atoms with Crippen LogP contribution >= 0.6 is 0 Å². The number of amides is 1. The molecule has 0 spiro atoms. The molecule has 1 fully saturated rings. The molecule has 2 aromatic rings. The van der Waals surface area contributed by atoms with Crippen molar-refractivity contribution in [3.8, 4) is 0 Å². The lowest BCUT2D eigenvalue weighted by molar-refractivity contribution is -0.00390. The minimum absolute atomic E-state index is 0.0289. The van der Waals surface area contributed by atoms with Gasteiger partial charge in [0.1, 0.15) is 0 Å². The van der Waals surface area contributed by atoms with Crippen LogP contribution in [0.25, 0.3) is 0 Å². The standard InChI is InChI=1S/C19H23NO3/c1-14-5-3-6-15(11-14)12-16-13-20(9-8-17(16)22-2)19(21)18-7-4-10-23-18/h3-7,10-11,16-17H,8-9,12-13H2,1-2H3/t16-,17-/m1/s1. The number of aryl methyl sites for hydroxylation is 1. The van der Waals surface area contributed by atoms with Crippen molar-refractivity contribution in [3.05, 3.63) is 59.5 Å². The van der Waals surface area contributed by atoms with E-state index < -0.39 is 0 Å². The van der Waals surface area contributed by atoms with Crippen molar-refractivity contribution in [2.24, 2.45) is 5.92 Å². The van der Waals surface area contributed by atoms with Crippen LogP contribution in [0.3, 0.4) is 0 Å². The number of nitrogens with zero attached hydrogens (tertiary/aromatic N) is 1. The molecule has 0 N–H and O–H groups in total. The molecule has 1 aromatic carbocycles. The average molecular weight is 313 g/mol. The first-order valence-electron chi connectivity index (χ1n) is 8.08. The second-order valence-corrected chi connectivity index (χ2v) is 6.24. The number of piperidine rings is 1. The van der Waals surface area contributed by atoms with Crippen LogP contribution in [0.1, 0.15) is 28.1 Å². The smallest absolute Gasteiger partial charge is 0.289 e. The summed E-state index contributed by atoms with van der Waals surface area (Å²) in [4.78, 5) is 14.4. The number of furan rings is 1. The number of benzene rings is 1. The van der Waals surface area contributed by atoms with Crippen LogP contribution in [0, 0.1) is 12.8 Å². The number of hydrogen-bond donors (Lipinski definition) is 0. The highest BCUT2D eigenvalue weighted by atomic mass is 16.5. The maximum atomic E-state index is 12.5. The van der Waals surface area contributed by atoms with Crippen molar-refractivity contribution >= 4 is 5.91 Å². The van der Waals surface area contributed by atoms with Crippen molar-refractivity contribution < 1.29 is 13.9 Å². The lowest BCUT2D eigenvalue weighted by Crippen LogP contribution is -2.47. The summed E-state index contributed by atoms with van der Waals surface area (Å²) in [5.41, 5.74) is 2.56. The van der Waals surface area contributed by atoms with E-state index in [9.17, 15) is 4.79 Å². The van der Waals surface area contributed by atoms with E-state index >= 15 is 0 Å². The van der Waals surface area contributed by atoms with Crippen LogP contribution in [0.4, 0.5) is 0 Å². The number of rotatable bonds is 4. The molecular formula is C19H23NO3. The largest absolute Gasteiger partial charge is 0.459 e. The summed E-state index contributed by atoms with van der Waals surface area (Å²) in [7, 11) is 1.76. The van der Waals surface area contributed by atoms with E-state index in [0.717, 1.165) is 12.8 Å². The van der Waals surface area contributed by atoms with E-state index in [1.54, 1.807) is 25.5 Å². The maximum absolute atomic E-state index is 12.5. The molecule has 1 saturated heterocycles. The zero-order chi connectivity index (χ0) is 16.2. The second-order valence-electron chi connectivity index (χ2n) is 6.24. The van der Waals surface area contributed by atoms with Crippen LogP contribution in [-0.2, 0) is 11.2 Å². The SMILES string of the molecule is CO[C@@H]1CCN(C(=O)c2ccco2)C[C@H]1Cc1cccc(C)c1. The van der Waals surface area contributed by atoms with Gasteiger partial charge in [0.2, 0.25) is 0 Å². The van der Waals surface area contributed by atoms with Crippen molar-refractivity contribution in [2.75, 3.05) is 20.2 Å². The molecule has 2 heterocycles. The normalized spacial score (nSPS) is 21.4. The van der Waals surface area contributed by atoms with Gasteiger partial charge in [0, 0.05) is 26.1 Å². The molecule has 2 atom stereocenters. The topological polar surface area (TPSA) is 42.7 Å². The van der Waals surface area contributed by atoms with Gasteiger partial charge in [0.05, 0.1) is 12.4 Å². The van der Waals surface area contributed by atoms with Gasteiger partial charge < -0.3 is 14.1 Å². The van der Waals surface area contributed by atoms with E-state index in [0.29, 0.717) is 24.8 Å². The summed E-state index contributed by atoms with van der Waals surface area (Å²) in [5.74, 6) is 0.684. The Morgan fingerprint density at radius 3 is 2.91 bits per heavy atom. The molecular weight excluding hydrogens is 290 g/mol. The van der Waals surface area contributed by atoms with Crippen molar-refractivity contribution in [2.45, 2.75) is 25.9 Å². The Kier molecular flexibility index (Phi) is 4.82. The predicted molar refractivity (Wildman–Crippen MR) is 88.4 cm³/mol. The van der Waals surface area contributed by atoms with Crippen molar-refractivity contribution in [3.63, 3.8) is 0 Å². The zero-order valence-corrected chi connectivity index (χ0v) is 13.7. The molecule has 0 bridgehead atoms. The first-order chi connectivity index (χ1) is 11.2. The van der Waals surface area contributed by atoms with Gasteiger partial charge in [-0.15, -0.1) is 0 Å². The van der Waals surface area contributed by atoms with E-state index in [-0.39, 0.29) is 12.0 Å². The quantitative estimate of drug-likeness (QED) is 0.870.